The van der Waals surface area contributed by atoms with E-state index >= 15 is 0 Å². The SMILES string of the molecule is CC(C)C(C)(C/C=C/Cl)C(=O)O. The number of allylic oxidation sites excluding steroid dienone is 1. The van der Waals surface area contributed by atoms with E-state index in [0.717, 1.165) is 0 Å². The van der Waals surface area contributed by atoms with E-state index in [2.05, 4.69) is 0 Å². The molecule has 0 saturated carbocycles. The van der Waals surface area contributed by atoms with E-state index in [4.69, 9.17) is 16.7 Å². The first kappa shape index (κ1) is 11.5. The smallest absolute Gasteiger partial charge is 0.309 e. The van der Waals surface area contributed by atoms with Gasteiger partial charge < -0.3 is 5.11 Å². The number of carboxylic acids is 1. The van der Waals surface area contributed by atoms with Crippen LogP contribution in [0.3, 0.4) is 0 Å². The molecule has 0 amide bonds. The van der Waals surface area contributed by atoms with Crippen LogP contribution >= 0.6 is 11.6 Å². The fourth-order valence-corrected chi connectivity index (χ4v) is 0.948. The summed E-state index contributed by atoms with van der Waals surface area (Å²) < 4.78 is 0. The number of hydrogen-bond acceptors (Lipinski definition) is 1. The number of carboxylic acid groups (broad SMARTS) is 1. The Hall–Kier alpha value is -0.500. The van der Waals surface area contributed by atoms with E-state index < -0.39 is 11.4 Å². The van der Waals surface area contributed by atoms with E-state index in [1.807, 2.05) is 13.8 Å². The van der Waals surface area contributed by atoms with Gasteiger partial charge in [-0.2, -0.15) is 0 Å². The monoisotopic (exact) mass is 190 g/mol. The quantitative estimate of drug-likeness (QED) is 0.740. The Morgan fingerprint density at radius 3 is 2.42 bits per heavy atom. The second kappa shape index (κ2) is 4.51. The molecule has 1 N–H and O–H groups in total. The van der Waals surface area contributed by atoms with Gasteiger partial charge in [0.1, 0.15) is 0 Å². The lowest BCUT2D eigenvalue weighted by Gasteiger charge is -2.27. The average Bonchev–Trinajstić information content (AvgIpc) is 1.99. The Bertz CT molecular complexity index is 187. The minimum Gasteiger partial charge on any atom is -0.481 e. The lowest BCUT2D eigenvalue weighted by molar-refractivity contribution is -0.150. The molecular weight excluding hydrogens is 176 g/mol. The third-order valence-electron chi connectivity index (χ3n) is 2.39. The summed E-state index contributed by atoms with van der Waals surface area (Å²) in [6.45, 7) is 5.53. The topological polar surface area (TPSA) is 37.3 Å². The van der Waals surface area contributed by atoms with Gasteiger partial charge in [0.25, 0.3) is 0 Å². The predicted molar refractivity (Wildman–Crippen MR) is 50.2 cm³/mol. The molecule has 1 atom stereocenters. The molecule has 0 heterocycles. The van der Waals surface area contributed by atoms with Gasteiger partial charge in [0, 0.05) is 5.54 Å². The Labute approximate surface area is 78.2 Å². The first-order valence-electron chi connectivity index (χ1n) is 3.93. The zero-order chi connectivity index (χ0) is 9.78. The van der Waals surface area contributed by atoms with Crippen LogP contribution in [-0.4, -0.2) is 11.1 Å². The molecule has 0 aliphatic carbocycles. The molecule has 0 aliphatic heterocycles. The van der Waals surface area contributed by atoms with Crippen LogP contribution in [0.2, 0.25) is 0 Å². The van der Waals surface area contributed by atoms with Crippen LogP contribution in [-0.2, 0) is 4.79 Å². The van der Waals surface area contributed by atoms with Crippen molar-refractivity contribution in [3.63, 3.8) is 0 Å². The second-order valence-electron chi connectivity index (χ2n) is 3.44. The molecule has 0 rings (SSSR count). The van der Waals surface area contributed by atoms with Crippen LogP contribution in [0.15, 0.2) is 11.6 Å². The van der Waals surface area contributed by atoms with Crippen LogP contribution in [0.1, 0.15) is 27.2 Å². The van der Waals surface area contributed by atoms with Crippen molar-refractivity contribution < 1.29 is 9.90 Å². The Morgan fingerprint density at radius 2 is 2.17 bits per heavy atom. The van der Waals surface area contributed by atoms with Gasteiger partial charge in [-0.15, -0.1) is 0 Å². The van der Waals surface area contributed by atoms with E-state index in [0.29, 0.717) is 6.42 Å². The van der Waals surface area contributed by atoms with E-state index in [1.165, 1.54) is 5.54 Å². The van der Waals surface area contributed by atoms with Crippen molar-refractivity contribution in [3.05, 3.63) is 11.6 Å². The fourth-order valence-electron chi connectivity index (χ4n) is 0.859. The van der Waals surface area contributed by atoms with Crippen molar-refractivity contribution in [1.29, 1.82) is 0 Å². The van der Waals surface area contributed by atoms with Crippen molar-refractivity contribution >= 4 is 17.6 Å². The van der Waals surface area contributed by atoms with Crippen LogP contribution in [0, 0.1) is 11.3 Å². The van der Waals surface area contributed by atoms with Crippen LogP contribution in [0.5, 0.6) is 0 Å². The molecule has 0 spiro atoms. The zero-order valence-electron chi connectivity index (χ0n) is 7.67. The molecule has 70 valence electrons. The normalized spacial score (nSPS) is 16.8. The Balaban J connectivity index is 4.51. The minimum absolute atomic E-state index is 0.0999. The first-order valence-corrected chi connectivity index (χ1v) is 4.37. The highest BCUT2D eigenvalue weighted by molar-refractivity contribution is 6.25. The maximum atomic E-state index is 10.9. The molecule has 0 radical (unpaired) electrons. The summed E-state index contributed by atoms with van der Waals surface area (Å²) in [5, 5.41) is 8.95. The second-order valence-corrected chi connectivity index (χ2v) is 3.70. The highest BCUT2D eigenvalue weighted by atomic mass is 35.5. The summed E-state index contributed by atoms with van der Waals surface area (Å²) in [5.41, 5.74) is 0.662. The molecule has 0 aromatic rings. The first-order chi connectivity index (χ1) is 5.45. The van der Waals surface area contributed by atoms with Crippen molar-refractivity contribution in [2.24, 2.45) is 11.3 Å². The Kier molecular flexibility index (Phi) is 4.32. The minimum atomic E-state index is -0.771. The number of carbonyl (C=O) groups is 1. The maximum absolute atomic E-state index is 10.9. The van der Waals surface area contributed by atoms with Crippen LogP contribution in [0.25, 0.3) is 0 Å². The van der Waals surface area contributed by atoms with Gasteiger partial charge in [0.2, 0.25) is 0 Å². The van der Waals surface area contributed by atoms with E-state index in [-0.39, 0.29) is 5.92 Å². The molecular formula is C9H15ClO2. The van der Waals surface area contributed by atoms with Gasteiger partial charge in [0.05, 0.1) is 5.41 Å². The molecule has 0 fully saturated rings. The van der Waals surface area contributed by atoms with Gasteiger partial charge in [-0.05, 0) is 19.3 Å². The number of halogens is 1. The maximum Gasteiger partial charge on any atom is 0.309 e. The predicted octanol–water partition coefficient (Wildman–Crippen LogP) is 2.88. The summed E-state index contributed by atoms with van der Waals surface area (Å²) in [6.07, 6.45) is 2.15. The van der Waals surface area contributed by atoms with E-state index in [1.54, 1.807) is 13.0 Å². The summed E-state index contributed by atoms with van der Waals surface area (Å²) in [6, 6.07) is 0. The molecule has 2 nitrogen and oxygen atoms in total. The summed E-state index contributed by atoms with van der Waals surface area (Å²) in [5.74, 6) is -0.671. The van der Waals surface area contributed by atoms with Gasteiger partial charge >= 0.3 is 5.97 Å². The third kappa shape index (κ3) is 2.52. The zero-order valence-corrected chi connectivity index (χ0v) is 8.43. The van der Waals surface area contributed by atoms with Crippen molar-refractivity contribution in [2.45, 2.75) is 27.2 Å². The number of rotatable bonds is 4. The van der Waals surface area contributed by atoms with Crippen molar-refractivity contribution in [2.75, 3.05) is 0 Å². The molecule has 0 aliphatic rings. The van der Waals surface area contributed by atoms with E-state index in [9.17, 15) is 4.79 Å². The molecule has 12 heavy (non-hydrogen) atoms. The van der Waals surface area contributed by atoms with Gasteiger partial charge in [0.15, 0.2) is 0 Å². The fraction of sp³-hybridized carbons (Fsp3) is 0.667. The molecule has 1 unspecified atom stereocenters. The van der Waals surface area contributed by atoms with Crippen molar-refractivity contribution in [3.8, 4) is 0 Å². The number of aliphatic carboxylic acids is 1. The average molecular weight is 191 g/mol. The van der Waals surface area contributed by atoms with Crippen molar-refractivity contribution in [1.82, 2.24) is 0 Å². The molecule has 0 saturated heterocycles. The summed E-state index contributed by atoms with van der Waals surface area (Å²) in [4.78, 5) is 10.9. The van der Waals surface area contributed by atoms with Crippen LogP contribution in [0.4, 0.5) is 0 Å². The molecule has 0 aromatic carbocycles. The lowest BCUT2D eigenvalue weighted by atomic mass is 9.76. The van der Waals surface area contributed by atoms with Crippen LogP contribution < -0.4 is 0 Å². The summed E-state index contributed by atoms with van der Waals surface area (Å²) in [7, 11) is 0. The highest BCUT2D eigenvalue weighted by Crippen LogP contribution is 2.31. The lowest BCUT2D eigenvalue weighted by Crippen LogP contribution is -2.32. The summed E-state index contributed by atoms with van der Waals surface area (Å²) >= 11 is 5.34. The molecule has 3 heteroatoms. The Morgan fingerprint density at radius 1 is 1.67 bits per heavy atom. The standard InChI is InChI=1S/C9H15ClO2/c1-7(2)9(3,8(11)12)5-4-6-10/h4,6-7H,5H2,1-3H3,(H,11,12)/b6-4+. The number of hydrogen-bond donors (Lipinski definition) is 1. The largest absolute Gasteiger partial charge is 0.481 e. The molecule has 0 aromatic heterocycles. The van der Waals surface area contributed by atoms with Gasteiger partial charge in [-0.1, -0.05) is 31.5 Å². The highest BCUT2D eigenvalue weighted by Gasteiger charge is 2.35. The third-order valence-corrected chi connectivity index (χ3v) is 2.57. The van der Waals surface area contributed by atoms with Gasteiger partial charge in [-0.3, -0.25) is 4.79 Å². The van der Waals surface area contributed by atoms with Gasteiger partial charge in [-0.25, -0.2) is 0 Å². The molecule has 0 bridgehead atoms.